The summed E-state index contributed by atoms with van der Waals surface area (Å²) in [6.45, 7) is 4.78. The summed E-state index contributed by atoms with van der Waals surface area (Å²) in [6, 6.07) is 4.15. The lowest BCUT2D eigenvalue weighted by Gasteiger charge is -2.20. The van der Waals surface area contributed by atoms with Crippen LogP contribution in [0.2, 0.25) is 0 Å². The topological polar surface area (TPSA) is 34.4 Å². The zero-order valence-electron chi connectivity index (χ0n) is 8.04. The third kappa shape index (κ3) is 2.14. The van der Waals surface area contributed by atoms with Crippen LogP contribution in [0.5, 0.6) is 0 Å². The number of nitrogens with one attached hydrogen (secondary N) is 1. The maximum atomic E-state index is 5.63. The molecule has 1 aliphatic rings. The molecule has 0 aliphatic carbocycles. The first-order valence-electron chi connectivity index (χ1n) is 4.27. The molecular weight excluding hydrogens is 269 g/mol. The summed E-state index contributed by atoms with van der Waals surface area (Å²) in [7, 11) is 0. The molecule has 80 valence electrons. The second kappa shape index (κ2) is 4.23. The van der Waals surface area contributed by atoms with Crippen LogP contribution >= 0.6 is 28.3 Å². The third-order valence-electron chi connectivity index (χ3n) is 2.19. The monoisotopic (exact) mass is 281 g/mol. The van der Waals surface area contributed by atoms with Crippen LogP contribution in [0.25, 0.3) is 0 Å². The molecule has 0 aromatic carbocycles. The van der Waals surface area contributed by atoms with Gasteiger partial charge in [0.2, 0.25) is 0 Å². The number of hydrogen-bond donors (Lipinski definition) is 1. The predicted octanol–water partition coefficient (Wildman–Crippen LogP) is 2.64. The summed E-state index contributed by atoms with van der Waals surface area (Å²) in [5.41, 5.74) is -0.467. The molecule has 2 heterocycles. The molecule has 1 fully saturated rings. The van der Waals surface area contributed by atoms with Crippen molar-refractivity contribution in [1.82, 2.24) is 5.32 Å². The van der Waals surface area contributed by atoms with Gasteiger partial charge in [-0.25, -0.2) is 0 Å². The molecule has 2 rings (SSSR count). The van der Waals surface area contributed by atoms with Crippen molar-refractivity contribution in [2.45, 2.75) is 25.6 Å². The summed E-state index contributed by atoms with van der Waals surface area (Å²) in [5.74, 6) is 0.809. The van der Waals surface area contributed by atoms with Gasteiger partial charge in [-0.1, -0.05) is 0 Å². The van der Waals surface area contributed by atoms with Gasteiger partial charge < -0.3 is 9.15 Å². The maximum Gasteiger partial charge on any atom is 0.175 e. The third-order valence-corrected chi connectivity index (χ3v) is 2.61. The van der Waals surface area contributed by atoms with E-state index in [0.29, 0.717) is 6.04 Å². The number of halogens is 2. The van der Waals surface area contributed by atoms with Crippen molar-refractivity contribution < 1.29 is 9.15 Å². The minimum atomic E-state index is -0.467. The number of furan rings is 1. The minimum Gasteiger partial charge on any atom is -0.450 e. The van der Waals surface area contributed by atoms with Crippen LogP contribution in [0.3, 0.4) is 0 Å². The Balaban J connectivity index is 0.000000980. The number of rotatable bonds is 1. The average molecular weight is 283 g/mol. The molecule has 2 unspecified atom stereocenters. The molecule has 14 heavy (non-hydrogen) atoms. The first-order chi connectivity index (χ1) is 6.10. The van der Waals surface area contributed by atoms with Crippen molar-refractivity contribution in [1.29, 1.82) is 0 Å². The lowest BCUT2D eigenvalue weighted by molar-refractivity contribution is -0.0159. The van der Waals surface area contributed by atoms with Gasteiger partial charge in [0.25, 0.3) is 0 Å². The second-order valence-corrected chi connectivity index (χ2v) is 4.27. The van der Waals surface area contributed by atoms with Crippen LogP contribution in [0.15, 0.2) is 21.2 Å². The molecule has 1 aromatic rings. The lowest BCUT2D eigenvalue weighted by Crippen LogP contribution is -2.37. The van der Waals surface area contributed by atoms with E-state index < -0.39 is 5.72 Å². The van der Waals surface area contributed by atoms with Gasteiger partial charge in [0.1, 0.15) is 0 Å². The SMILES string of the molecule is CC1COC(C)(c2ccc(Br)o2)N1.Cl. The van der Waals surface area contributed by atoms with E-state index in [1.165, 1.54) is 0 Å². The van der Waals surface area contributed by atoms with Crippen molar-refractivity contribution in [2.75, 3.05) is 6.61 Å². The van der Waals surface area contributed by atoms with Crippen molar-refractivity contribution in [3.8, 4) is 0 Å². The van der Waals surface area contributed by atoms with E-state index in [-0.39, 0.29) is 12.4 Å². The van der Waals surface area contributed by atoms with Crippen LogP contribution in [-0.2, 0) is 10.5 Å². The van der Waals surface area contributed by atoms with Crippen molar-refractivity contribution >= 4 is 28.3 Å². The molecule has 0 spiro atoms. The molecule has 0 radical (unpaired) electrons. The summed E-state index contributed by atoms with van der Waals surface area (Å²) in [5, 5.41) is 3.32. The molecule has 5 heteroatoms. The highest BCUT2D eigenvalue weighted by Gasteiger charge is 2.37. The van der Waals surface area contributed by atoms with E-state index in [2.05, 4.69) is 28.2 Å². The normalized spacial score (nSPS) is 31.5. The van der Waals surface area contributed by atoms with Crippen LogP contribution in [0, 0.1) is 0 Å². The fourth-order valence-electron chi connectivity index (χ4n) is 1.56. The van der Waals surface area contributed by atoms with E-state index in [4.69, 9.17) is 9.15 Å². The van der Waals surface area contributed by atoms with E-state index >= 15 is 0 Å². The van der Waals surface area contributed by atoms with Crippen molar-refractivity contribution in [2.24, 2.45) is 0 Å². The number of ether oxygens (including phenoxy) is 1. The molecular formula is C9H13BrClNO2. The van der Waals surface area contributed by atoms with Gasteiger partial charge in [0.05, 0.1) is 6.61 Å². The molecule has 2 atom stereocenters. The Morgan fingerprint density at radius 2 is 2.29 bits per heavy atom. The first kappa shape index (κ1) is 12.0. The van der Waals surface area contributed by atoms with E-state index in [9.17, 15) is 0 Å². The Bertz CT molecular complexity index is 318. The van der Waals surface area contributed by atoms with Gasteiger partial charge in [-0.2, -0.15) is 0 Å². The maximum absolute atomic E-state index is 5.63. The second-order valence-electron chi connectivity index (χ2n) is 3.49. The van der Waals surface area contributed by atoms with Gasteiger partial charge in [-0.15, -0.1) is 12.4 Å². The lowest BCUT2D eigenvalue weighted by atomic mass is 10.2. The highest BCUT2D eigenvalue weighted by Crippen LogP contribution is 2.30. The molecule has 0 amide bonds. The van der Waals surface area contributed by atoms with Crippen LogP contribution in [0.1, 0.15) is 19.6 Å². The van der Waals surface area contributed by atoms with E-state index in [1.54, 1.807) is 0 Å². The molecule has 1 aromatic heterocycles. The molecule has 1 aliphatic heterocycles. The Kier molecular flexibility index (Phi) is 3.63. The molecule has 1 N–H and O–H groups in total. The summed E-state index contributed by atoms with van der Waals surface area (Å²) >= 11 is 3.27. The van der Waals surface area contributed by atoms with E-state index in [0.717, 1.165) is 17.0 Å². The standard InChI is InChI=1S/C9H12BrNO2.ClH/c1-6-5-12-9(2,11-6)7-3-4-8(10)13-7;/h3-4,6,11H,5H2,1-2H3;1H. The van der Waals surface area contributed by atoms with Gasteiger partial charge in [-0.05, 0) is 41.9 Å². The van der Waals surface area contributed by atoms with Crippen molar-refractivity contribution in [3.05, 3.63) is 22.6 Å². The predicted molar refractivity (Wildman–Crippen MR) is 59.6 cm³/mol. The largest absolute Gasteiger partial charge is 0.450 e. The number of hydrogen-bond acceptors (Lipinski definition) is 3. The smallest absolute Gasteiger partial charge is 0.175 e. The van der Waals surface area contributed by atoms with E-state index in [1.807, 2.05) is 19.1 Å². The highest BCUT2D eigenvalue weighted by atomic mass is 79.9. The molecule has 1 saturated heterocycles. The molecule has 3 nitrogen and oxygen atoms in total. The Morgan fingerprint density at radius 1 is 1.57 bits per heavy atom. The Morgan fingerprint density at radius 3 is 2.71 bits per heavy atom. The first-order valence-corrected chi connectivity index (χ1v) is 5.07. The zero-order valence-corrected chi connectivity index (χ0v) is 10.4. The highest BCUT2D eigenvalue weighted by molar-refractivity contribution is 9.10. The van der Waals surface area contributed by atoms with Crippen LogP contribution < -0.4 is 5.32 Å². The summed E-state index contributed by atoms with van der Waals surface area (Å²) < 4.78 is 11.8. The molecule has 0 saturated carbocycles. The van der Waals surface area contributed by atoms with Gasteiger partial charge in [0, 0.05) is 6.04 Å². The quantitative estimate of drug-likeness (QED) is 0.860. The fourth-order valence-corrected chi connectivity index (χ4v) is 1.86. The van der Waals surface area contributed by atoms with Crippen LogP contribution in [-0.4, -0.2) is 12.6 Å². The average Bonchev–Trinajstić information content (AvgIpc) is 2.60. The van der Waals surface area contributed by atoms with Crippen molar-refractivity contribution in [3.63, 3.8) is 0 Å². The van der Waals surface area contributed by atoms with Crippen LogP contribution in [0.4, 0.5) is 0 Å². The van der Waals surface area contributed by atoms with Gasteiger partial charge in [0.15, 0.2) is 16.2 Å². The Labute approximate surface area is 97.7 Å². The fraction of sp³-hybridized carbons (Fsp3) is 0.556. The van der Waals surface area contributed by atoms with Gasteiger partial charge >= 0.3 is 0 Å². The zero-order chi connectivity index (χ0) is 9.47. The Hall–Kier alpha value is -0.0300. The molecule has 0 bridgehead atoms. The summed E-state index contributed by atoms with van der Waals surface area (Å²) in [4.78, 5) is 0. The van der Waals surface area contributed by atoms with Gasteiger partial charge in [-0.3, -0.25) is 5.32 Å². The summed E-state index contributed by atoms with van der Waals surface area (Å²) in [6.07, 6.45) is 0. The minimum absolute atomic E-state index is 0.